The number of carbonyl (C=O) groups excluding carboxylic acids is 1. The summed E-state index contributed by atoms with van der Waals surface area (Å²) in [6.07, 6.45) is 2.70. The van der Waals surface area contributed by atoms with Crippen molar-refractivity contribution in [2.75, 3.05) is 19.6 Å². The molecule has 21 heavy (non-hydrogen) atoms. The summed E-state index contributed by atoms with van der Waals surface area (Å²) in [6, 6.07) is 7.25. The fraction of sp³-hybridized carbons (Fsp3) is 0.375. The van der Waals surface area contributed by atoms with Gasteiger partial charge >= 0.3 is 0 Å². The molecule has 0 aliphatic carbocycles. The maximum atomic E-state index is 12.1. The van der Waals surface area contributed by atoms with Gasteiger partial charge in [0.2, 0.25) is 0 Å². The van der Waals surface area contributed by atoms with Crippen LogP contribution in [0.2, 0.25) is 0 Å². The van der Waals surface area contributed by atoms with E-state index in [9.17, 15) is 4.79 Å². The highest BCUT2D eigenvalue weighted by atomic mass is 16.3. The lowest BCUT2D eigenvalue weighted by molar-refractivity contribution is 0.0953. The zero-order chi connectivity index (χ0) is 15.1. The fourth-order valence-corrected chi connectivity index (χ4v) is 2.02. The summed E-state index contributed by atoms with van der Waals surface area (Å²) in [7, 11) is 0. The average Bonchev–Trinajstić information content (AvgIpc) is 3.01. The zero-order valence-corrected chi connectivity index (χ0v) is 12.5. The van der Waals surface area contributed by atoms with Crippen molar-refractivity contribution in [1.82, 2.24) is 15.6 Å². The number of carbonyl (C=O) groups is 1. The smallest absolute Gasteiger partial charge is 0.253 e. The second-order valence-electron chi connectivity index (χ2n) is 4.81. The van der Waals surface area contributed by atoms with Crippen molar-refractivity contribution in [3.63, 3.8) is 0 Å². The SMILES string of the molecule is CCCNCCNC(=O)c1ccc(-c2ccco2)nc1C. The first-order valence-corrected chi connectivity index (χ1v) is 7.22. The van der Waals surface area contributed by atoms with E-state index in [-0.39, 0.29) is 5.91 Å². The largest absolute Gasteiger partial charge is 0.463 e. The topological polar surface area (TPSA) is 67.2 Å². The predicted molar refractivity (Wildman–Crippen MR) is 82.2 cm³/mol. The van der Waals surface area contributed by atoms with E-state index < -0.39 is 0 Å². The molecule has 1 amide bonds. The van der Waals surface area contributed by atoms with Crippen LogP contribution in [-0.2, 0) is 0 Å². The molecule has 2 N–H and O–H groups in total. The summed E-state index contributed by atoms with van der Waals surface area (Å²) in [5.74, 6) is 0.609. The first kappa shape index (κ1) is 15.3. The van der Waals surface area contributed by atoms with Crippen LogP contribution >= 0.6 is 0 Å². The van der Waals surface area contributed by atoms with Gasteiger partial charge in [0.15, 0.2) is 5.76 Å². The van der Waals surface area contributed by atoms with E-state index in [4.69, 9.17) is 4.42 Å². The first-order valence-electron chi connectivity index (χ1n) is 7.22. The maximum Gasteiger partial charge on any atom is 0.253 e. The lowest BCUT2D eigenvalue weighted by Crippen LogP contribution is -2.32. The Morgan fingerprint density at radius 2 is 2.10 bits per heavy atom. The Bertz CT molecular complexity index is 579. The molecule has 0 radical (unpaired) electrons. The maximum absolute atomic E-state index is 12.1. The highest BCUT2D eigenvalue weighted by Gasteiger charge is 2.11. The lowest BCUT2D eigenvalue weighted by Gasteiger charge is -2.08. The van der Waals surface area contributed by atoms with Crippen LogP contribution in [0.3, 0.4) is 0 Å². The molecule has 0 atom stereocenters. The molecule has 5 heteroatoms. The summed E-state index contributed by atoms with van der Waals surface area (Å²) in [5, 5.41) is 6.13. The summed E-state index contributed by atoms with van der Waals surface area (Å²) in [5.41, 5.74) is 2.03. The van der Waals surface area contributed by atoms with Crippen molar-refractivity contribution in [2.45, 2.75) is 20.3 Å². The molecule has 0 unspecified atom stereocenters. The summed E-state index contributed by atoms with van der Waals surface area (Å²) in [4.78, 5) is 16.5. The molecule has 2 aromatic rings. The summed E-state index contributed by atoms with van der Waals surface area (Å²) >= 11 is 0. The number of aromatic nitrogens is 1. The van der Waals surface area contributed by atoms with Crippen LogP contribution in [-0.4, -0.2) is 30.5 Å². The highest BCUT2D eigenvalue weighted by Crippen LogP contribution is 2.19. The molecule has 112 valence electrons. The Labute approximate surface area is 124 Å². The molecule has 0 aliphatic rings. The molecule has 0 fully saturated rings. The molecule has 2 aromatic heterocycles. The number of hydrogen-bond acceptors (Lipinski definition) is 4. The lowest BCUT2D eigenvalue weighted by atomic mass is 10.1. The predicted octanol–water partition coefficient (Wildman–Crippen LogP) is 2.38. The molecule has 0 saturated carbocycles. The van der Waals surface area contributed by atoms with Crippen molar-refractivity contribution in [3.05, 3.63) is 41.8 Å². The molecule has 2 rings (SSSR count). The summed E-state index contributed by atoms with van der Waals surface area (Å²) < 4.78 is 5.31. The van der Waals surface area contributed by atoms with Gasteiger partial charge in [-0.15, -0.1) is 0 Å². The highest BCUT2D eigenvalue weighted by molar-refractivity contribution is 5.95. The van der Waals surface area contributed by atoms with Gasteiger partial charge in [-0.2, -0.15) is 0 Å². The van der Waals surface area contributed by atoms with Crippen LogP contribution < -0.4 is 10.6 Å². The van der Waals surface area contributed by atoms with E-state index in [1.54, 1.807) is 18.4 Å². The first-order chi connectivity index (χ1) is 10.2. The van der Waals surface area contributed by atoms with Crippen LogP contribution in [0.5, 0.6) is 0 Å². The number of rotatable bonds is 7. The minimum absolute atomic E-state index is 0.0932. The van der Waals surface area contributed by atoms with Crippen molar-refractivity contribution in [2.24, 2.45) is 0 Å². The van der Waals surface area contributed by atoms with Crippen LogP contribution in [0.4, 0.5) is 0 Å². The number of amides is 1. The van der Waals surface area contributed by atoms with Gasteiger partial charge in [0.25, 0.3) is 5.91 Å². The van der Waals surface area contributed by atoms with Gasteiger partial charge in [-0.05, 0) is 44.2 Å². The molecule has 2 heterocycles. The third-order valence-electron chi connectivity index (χ3n) is 3.12. The monoisotopic (exact) mass is 287 g/mol. The van der Waals surface area contributed by atoms with Gasteiger partial charge < -0.3 is 15.1 Å². The van der Waals surface area contributed by atoms with Gasteiger partial charge in [-0.3, -0.25) is 4.79 Å². The summed E-state index contributed by atoms with van der Waals surface area (Å²) in [6.45, 7) is 6.29. The van der Waals surface area contributed by atoms with E-state index in [1.165, 1.54) is 0 Å². The second kappa shape index (κ2) is 7.59. The third kappa shape index (κ3) is 4.16. The quantitative estimate of drug-likeness (QED) is 0.767. The minimum Gasteiger partial charge on any atom is -0.463 e. The van der Waals surface area contributed by atoms with Crippen molar-refractivity contribution < 1.29 is 9.21 Å². The van der Waals surface area contributed by atoms with Crippen molar-refractivity contribution >= 4 is 5.91 Å². The van der Waals surface area contributed by atoms with E-state index in [1.807, 2.05) is 19.1 Å². The van der Waals surface area contributed by atoms with Crippen molar-refractivity contribution in [3.8, 4) is 11.5 Å². The van der Waals surface area contributed by atoms with E-state index in [0.717, 1.165) is 25.2 Å². The molecule has 0 aliphatic heterocycles. The number of nitrogens with zero attached hydrogens (tertiary/aromatic N) is 1. The fourth-order valence-electron chi connectivity index (χ4n) is 2.02. The molecule has 0 bridgehead atoms. The van der Waals surface area contributed by atoms with E-state index >= 15 is 0 Å². The zero-order valence-electron chi connectivity index (χ0n) is 12.5. The van der Waals surface area contributed by atoms with Gasteiger partial charge in [-0.1, -0.05) is 6.92 Å². The number of furan rings is 1. The van der Waals surface area contributed by atoms with Crippen LogP contribution in [0, 0.1) is 6.92 Å². The Balaban J connectivity index is 1.95. The number of nitrogens with one attached hydrogen (secondary N) is 2. The van der Waals surface area contributed by atoms with Gasteiger partial charge in [0.1, 0.15) is 5.69 Å². The molecule has 0 saturated heterocycles. The average molecular weight is 287 g/mol. The second-order valence-corrected chi connectivity index (χ2v) is 4.81. The number of aryl methyl sites for hydroxylation is 1. The molecule has 5 nitrogen and oxygen atoms in total. The van der Waals surface area contributed by atoms with Crippen LogP contribution in [0.15, 0.2) is 34.9 Å². The Morgan fingerprint density at radius 1 is 1.24 bits per heavy atom. The normalized spacial score (nSPS) is 10.6. The van der Waals surface area contributed by atoms with Crippen molar-refractivity contribution in [1.29, 1.82) is 0 Å². The Morgan fingerprint density at radius 3 is 2.76 bits per heavy atom. The van der Waals surface area contributed by atoms with Crippen LogP contribution in [0.1, 0.15) is 29.4 Å². The van der Waals surface area contributed by atoms with E-state index in [2.05, 4.69) is 22.5 Å². The Kier molecular flexibility index (Phi) is 5.51. The Hall–Kier alpha value is -2.14. The third-order valence-corrected chi connectivity index (χ3v) is 3.12. The van der Waals surface area contributed by atoms with Gasteiger partial charge in [0.05, 0.1) is 17.5 Å². The van der Waals surface area contributed by atoms with Gasteiger partial charge in [-0.25, -0.2) is 4.98 Å². The minimum atomic E-state index is -0.0932. The number of hydrogen-bond donors (Lipinski definition) is 2. The van der Waals surface area contributed by atoms with Crippen LogP contribution in [0.25, 0.3) is 11.5 Å². The molecule has 0 spiro atoms. The standard InChI is InChI=1S/C16H21N3O2/c1-3-8-17-9-10-18-16(20)13-6-7-14(19-12(13)2)15-5-4-11-21-15/h4-7,11,17H,3,8-10H2,1-2H3,(H,18,20). The molecular formula is C16H21N3O2. The molecule has 0 aromatic carbocycles. The van der Waals surface area contributed by atoms with Gasteiger partial charge in [0, 0.05) is 13.1 Å². The van der Waals surface area contributed by atoms with E-state index in [0.29, 0.717) is 23.6 Å². The molecular weight excluding hydrogens is 266 g/mol. The number of pyridine rings is 1.